The fraction of sp³-hybridized carbons (Fsp3) is 0.136. The number of halogens is 1. The van der Waals surface area contributed by atoms with E-state index in [9.17, 15) is 4.79 Å². The maximum atomic E-state index is 11.3. The van der Waals surface area contributed by atoms with Gasteiger partial charge in [0.15, 0.2) is 6.29 Å². The molecular weight excluding hydrogens is 374 g/mol. The van der Waals surface area contributed by atoms with Crippen LogP contribution in [0, 0.1) is 13.8 Å². The van der Waals surface area contributed by atoms with E-state index < -0.39 is 0 Å². The first kappa shape index (κ1) is 18.2. The molecule has 4 aromatic rings. The van der Waals surface area contributed by atoms with Gasteiger partial charge in [-0.2, -0.15) is 0 Å². The minimum absolute atomic E-state index is 0.381. The number of aryl methyl sites for hydroxylation is 2. The molecule has 140 valence electrons. The zero-order valence-electron chi connectivity index (χ0n) is 15.5. The van der Waals surface area contributed by atoms with Crippen molar-refractivity contribution in [3.8, 4) is 11.1 Å². The monoisotopic (exact) mass is 391 g/mol. The van der Waals surface area contributed by atoms with E-state index in [1.165, 1.54) is 0 Å². The number of rotatable bonds is 5. The second kappa shape index (κ2) is 7.44. The van der Waals surface area contributed by atoms with Crippen LogP contribution in [0.1, 0.15) is 27.5 Å². The van der Waals surface area contributed by atoms with Crippen molar-refractivity contribution in [2.24, 2.45) is 0 Å². The van der Waals surface area contributed by atoms with Crippen molar-refractivity contribution in [2.45, 2.75) is 20.4 Å². The number of hydrogen-bond acceptors (Lipinski definition) is 5. The summed E-state index contributed by atoms with van der Waals surface area (Å²) in [5.41, 5.74) is 5.81. The van der Waals surface area contributed by atoms with Crippen LogP contribution in [0.2, 0.25) is 5.02 Å². The Morgan fingerprint density at radius 2 is 2.00 bits per heavy atom. The summed E-state index contributed by atoms with van der Waals surface area (Å²) in [7, 11) is 0. The molecule has 0 saturated carbocycles. The normalized spacial score (nSPS) is 11.0. The van der Waals surface area contributed by atoms with Crippen LogP contribution < -0.4 is 5.32 Å². The molecule has 0 atom stereocenters. The molecule has 2 aromatic heterocycles. The summed E-state index contributed by atoms with van der Waals surface area (Å²) < 4.78 is 5.30. The summed E-state index contributed by atoms with van der Waals surface area (Å²) in [5.74, 6) is 0.766. The highest BCUT2D eigenvalue weighted by Crippen LogP contribution is 2.32. The summed E-state index contributed by atoms with van der Waals surface area (Å²) in [5, 5.41) is 9.06. The first-order valence-electron chi connectivity index (χ1n) is 8.86. The molecule has 2 heterocycles. The van der Waals surface area contributed by atoms with Crippen LogP contribution in [0.25, 0.3) is 22.0 Å². The predicted molar refractivity (Wildman–Crippen MR) is 111 cm³/mol. The zero-order valence-corrected chi connectivity index (χ0v) is 16.2. The number of hydrogen-bond donors (Lipinski definition) is 1. The van der Waals surface area contributed by atoms with Crippen molar-refractivity contribution in [1.29, 1.82) is 0 Å². The van der Waals surface area contributed by atoms with Gasteiger partial charge in [-0.25, -0.2) is 4.98 Å². The minimum atomic E-state index is 0.381. The summed E-state index contributed by atoms with van der Waals surface area (Å²) in [4.78, 5) is 15.8. The van der Waals surface area contributed by atoms with Gasteiger partial charge in [-0.05, 0) is 55.3 Å². The van der Waals surface area contributed by atoms with Gasteiger partial charge >= 0.3 is 0 Å². The number of nitrogens with zero attached hydrogens (tertiary/aromatic N) is 2. The fourth-order valence-corrected chi connectivity index (χ4v) is 3.56. The summed E-state index contributed by atoms with van der Waals surface area (Å²) in [6.07, 6.45) is 0.756. The molecule has 0 fully saturated rings. The Morgan fingerprint density at radius 1 is 1.14 bits per heavy atom. The fourth-order valence-electron chi connectivity index (χ4n) is 3.35. The van der Waals surface area contributed by atoms with Crippen LogP contribution in [0.5, 0.6) is 0 Å². The molecule has 0 spiro atoms. The van der Waals surface area contributed by atoms with Gasteiger partial charge in [0, 0.05) is 28.2 Å². The molecule has 1 N–H and O–H groups in total. The van der Waals surface area contributed by atoms with Crippen LogP contribution in [0.3, 0.4) is 0 Å². The van der Waals surface area contributed by atoms with E-state index in [4.69, 9.17) is 16.1 Å². The van der Waals surface area contributed by atoms with Crippen molar-refractivity contribution in [2.75, 3.05) is 5.32 Å². The van der Waals surface area contributed by atoms with Crippen LogP contribution in [0.4, 0.5) is 5.69 Å². The minimum Gasteiger partial charge on any atom is -0.380 e. The molecule has 0 saturated heterocycles. The van der Waals surface area contributed by atoms with Gasteiger partial charge in [0.1, 0.15) is 11.5 Å². The Morgan fingerprint density at radius 3 is 2.71 bits per heavy atom. The Hall–Kier alpha value is -3.18. The number of anilines is 1. The van der Waals surface area contributed by atoms with E-state index in [1.54, 1.807) is 6.07 Å². The number of nitrogens with one attached hydrogen (secondary N) is 1. The number of aromatic nitrogens is 2. The lowest BCUT2D eigenvalue weighted by Crippen LogP contribution is -2.02. The molecule has 0 aliphatic heterocycles. The third kappa shape index (κ3) is 3.49. The van der Waals surface area contributed by atoms with E-state index >= 15 is 0 Å². The third-order valence-electron chi connectivity index (χ3n) is 4.64. The molecule has 0 amide bonds. The van der Waals surface area contributed by atoms with Crippen LogP contribution in [-0.4, -0.2) is 16.4 Å². The molecular formula is C22H18ClN3O2. The lowest BCUT2D eigenvalue weighted by atomic mass is 10.0. The largest absolute Gasteiger partial charge is 0.380 e. The second-order valence-electron chi connectivity index (χ2n) is 6.63. The maximum Gasteiger partial charge on any atom is 0.168 e. The van der Waals surface area contributed by atoms with E-state index in [0.717, 1.165) is 51.0 Å². The number of pyridine rings is 1. The maximum absolute atomic E-state index is 11.3. The second-order valence-corrected chi connectivity index (χ2v) is 7.06. The van der Waals surface area contributed by atoms with Gasteiger partial charge in [0.2, 0.25) is 0 Å². The van der Waals surface area contributed by atoms with Crippen molar-refractivity contribution in [3.63, 3.8) is 0 Å². The van der Waals surface area contributed by atoms with E-state index in [2.05, 4.69) is 15.5 Å². The topological polar surface area (TPSA) is 68.0 Å². The molecule has 6 heteroatoms. The summed E-state index contributed by atoms with van der Waals surface area (Å²) in [6.45, 7) is 4.39. The Balaban J connectivity index is 1.78. The number of carbonyl (C=O) groups excluding carboxylic acids is 1. The van der Waals surface area contributed by atoms with E-state index in [-0.39, 0.29) is 0 Å². The molecule has 4 rings (SSSR count). The summed E-state index contributed by atoms with van der Waals surface area (Å²) in [6, 6.07) is 15.3. The first-order chi connectivity index (χ1) is 13.5. The van der Waals surface area contributed by atoms with Crippen LogP contribution in [-0.2, 0) is 6.54 Å². The van der Waals surface area contributed by atoms with E-state index in [0.29, 0.717) is 17.3 Å². The predicted octanol–water partition coefficient (Wildman–Crippen LogP) is 5.58. The molecule has 0 unspecified atom stereocenters. The molecule has 0 radical (unpaired) electrons. The molecule has 0 aliphatic carbocycles. The van der Waals surface area contributed by atoms with Gasteiger partial charge < -0.3 is 9.84 Å². The lowest BCUT2D eigenvalue weighted by Gasteiger charge is -2.12. The van der Waals surface area contributed by atoms with Crippen molar-refractivity contribution < 1.29 is 9.32 Å². The lowest BCUT2D eigenvalue weighted by molar-refractivity contribution is 0.111. The average Bonchev–Trinajstić information content (AvgIpc) is 3.03. The molecule has 5 nitrogen and oxygen atoms in total. The Labute approximate surface area is 167 Å². The van der Waals surface area contributed by atoms with Crippen molar-refractivity contribution >= 4 is 34.5 Å². The standard InChI is InChI=1S/C22H18ClN3O2/c1-13-22(14(2)28-26-13)16-6-7-20-19(9-16)21(10-18(12-27)25-20)24-11-15-4-3-5-17(23)8-15/h3-10,12H,11H2,1-2H3,(H,24,25). The van der Waals surface area contributed by atoms with Gasteiger partial charge in [-0.3, -0.25) is 4.79 Å². The number of fused-ring (bicyclic) bond motifs is 1. The van der Waals surface area contributed by atoms with Gasteiger partial charge in [-0.15, -0.1) is 0 Å². The smallest absolute Gasteiger partial charge is 0.168 e. The summed E-state index contributed by atoms with van der Waals surface area (Å²) >= 11 is 6.08. The van der Waals surface area contributed by atoms with Crippen molar-refractivity contribution in [1.82, 2.24) is 10.1 Å². The third-order valence-corrected chi connectivity index (χ3v) is 4.88. The average molecular weight is 392 g/mol. The Bertz CT molecular complexity index is 1160. The van der Waals surface area contributed by atoms with Crippen LogP contribution >= 0.6 is 11.6 Å². The number of benzene rings is 2. The highest BCUT2D eigenvalue weighted by atomic mass is 35.5. The van der Waals surface area contributed by atoms with E-state index in [1.807, 2.05) is 56.3 Å². The molecule has 28 heavy (non-hydrogen) atoms. The Kier molecular flexibility index (Phi) is 4.84. The van der Waals surface area contributed by atoms with Gasteiger partial charge in [0.05, 0.1) is 11.2 Å². The number of carbonyl (C=O) groups is 1. The highest BCUT2D eigenvalue weighted by Gasteiger charge is 2.14. The quantitative estimate of drug-likeness (QED) is 0.449. The van der Waals surface area contributed by atoms with Crippen molar-refractivity contribution in [3.05, 3.63) is 76.3 Å². The molecule has 0 bridgehead atoms. The number of aldehydes is 1. The first-order valence-corrected chi connectivity index (χ1v) is 9.24. The SMILES string of the molecule is Cc1noc(C)c1-c1ccc2nc(C=O)cc(NCc3cccc(Cl)c3)c2c1. The molecule has 2 aromatic carbocycles. The zero-order chi connectivity index (χ0) is 19.7. The van der Waals surface area contributed by atoms with Gasteiger partial charge in [0.25, 0.3) is 0 Å². The van der Waals surface area contributed by atoms with Gasteiger partial charge in [-0.1, -0.05) is 35.0 Å². The molecule has 0 aliphatic rings. The van der Waals surface area contributed by atoms with Crippen LogP contribution in [0.15, 0.2) is 53.1 Å². The highest BCUT2D eigenvalue weighted by molar-refractivity contribution is 6.30.